The van der Waals surface area contributed by atoms with E-state index in [4.69, 9.17) is 0 Å². The molecule has 6 nitrogen and oxygen atoms in total. The Hall–Kier alpha value is -3.62. The Morgan fingerprint density at radius 3 is 2.29 bits per heavy atom. The number of nitrogens with one attached hydrogen (secondary N) is 1. The number of benzene rings is 2. The van der Waals surface area contributed by atoms with Crippen LogP contribution in [0.4, 0.5) is 19.1 Å². The van der Waals surface area contributed by atoms with Crippen LogP contribution in [-0.4, -0.2) is 38.9 Å². The Morgan fingerprint density at radius 1 is 1.09 bits per heavy atom. The predicted molar refractivity (Wildman–Crippen MR) is 122 cm³/mol. The molecule has 2 amide bonds. The van der Waals surface area contributed by atoms with Crippen molar-refractivity contribution in [2.45, 2.75) is 38.9 Å². The van der Waals surface area contributed by atoms with Crippen LogP contribution in [0.2, 0.25) is 0 Å². The van der Waals surface area contributed by atoms with E-state index in [2.05, 4.69) is 10.3 Å². The molecular formula is C25H25F3N4O2. The first-order chi connectivity index (χ1) is 16.1. The number of anilines is 1. The minimum absolute atomic E-state index is 0.0194. The Kier molecular flexibility index (Phi) is 6.45. The van der Waals surface area contributed by atoms with E-state index < -0.39 is 17.6 Å². The van der Waals surface area contributed by atoms with Crippen LogP contribution in [0.3, 0.4) is 0 Å². The van der Waals surface area contributed by atoms with E-state index in [9.17, 15) is 22.8 Å². The molecule has 1 aliphatic rings. The van der Waals surface area contributed by atoms with Gasteiger partial charge < -0.3 is 4.90 Å². The fourth-order valence-corrected chi connectivity index (χ4v) is 3.62. The molecule has 4 rings (SSSR count). The number of imidazole rings is 1. The molecule has 1 heterocycles. The zero-order valence-electron chi connectivity index (χ0n) is 18.8. The summed E-state index contributed by atoms with van der Waals surface area (Å²) in [5.74, 6) is -0.331. The van der Waals surface area contributed by atoms with E-state index in [1.807, 2.05) is 44.2 Å². The van der Waals surface area contributed by atoms with Crippen molar-refractivity contribution < 1.29 is 22.8 Å². The van der Waals surface area contributed by atoms with Gasteiger partial charge in [-0.1, -0.05) is 30.3 Å². The lowest BCUT2D eigenvalue weighted by Gasteiger charge is -2.26. The molecule has 1 aromatic heterocycles. The maximum Gasteiger partial charge on any atom is 0.416 e. The van der Waals surface area contributed by atoms with Gasteiger partial charge in [-0.25, -0.2) is 4.98 Å². The van der Waals surface area contributed by atoms with Gasteiger partial charge in [-0.3, -0.25) is 19.5 Å². The molecule has 0 aliphatic heterocycles. The van der Waals surface area contributed by atoms with Crippen LogP contribution in [0.5, 0.6) is 0 Å². The van der Waals surface area contributed by atoms with E-state index in [0.29, 0.717) is 11.4 Å². The molecule has 1 saturated carbocycles. The molecule has 3 aromatic rings. The number of aromatic nitrogens is 2. The summed E-state index contributed by atoms with van der Waals surface area (Å²) >= 11 is 0. The van der Waals surface area contributed by atoms with Crippen LogP contribution in [-0.2, 0) is 15.8 Å². The van der Waals surface area contributed by atoms with E-state index in [1.54, 1.807) is 6.20 Å². The lowest BCUT2D eigenvalue weighted by molar-refractivity contribution is -0.138. The molecule has 0 unspecified atom stereocenters. The fourth-order valence-electron chi connectivity index (χ4n) is 3.62. The van der Waals surface area contributed by atoms with Crippen molar-refractivity contribution in [2.24, 2.45) is 5.92 Å². The average molecular weight is 470 g/mol. The zero-order valence-corrected chi connectivity index (χ0v) is 18.8. The molecule has 178 valence electrons. The van der Waals surface area contributed by atoms with Gasteiger partial charge in [0.15, 0.2) is 0 Å². The maximum atomic E-state index is 13.0. The van der Waals surface area contributed by atoms with Crippen LogP contribution in [0.1, 0.15) is 32.3 Å². The molecule has 2 aromatic carbocycles. The molecular weight excluding hydrogens is 445 g/mol. The summed E-state index contributed by atoms with van der Waals surface area (Å²) in [6.45, 7) is 3.57. The monoisotopic (exact) mass is 470 g/mol. The highest BCUT2D eigenvalue weighted by atomic mass is 19.4. The summed E-state index contributed by atoms with van der Waals surface area (Å²) in [4.78, 5) is 31.5. The molecule has 0 radical (unpaired) electrons. The number of carbonyl (C=O) groups is 2. The van der Waals surface area contributed by atoms with Gasteiger partial charge in [0.25, 0.3) is 0 Å². The normalized spacial score (nSPS) is 13.7. The summed E-state index contributed by atoms with van der Waals surface area (Å²) in [5.41, 5.74) is 0.978. The minimum Gasteiger partial charge on any atom is -0.331 e. The third kappa shape index (κ3) is 5.30. The molecule has 0 saturated heterocycles. The topological polar surface area (TPSA) is 67.2 Å². The van der Waals surface area contributed by atoms with Crippen LogP contribution >= 0.6 is 0 Å². The minimum atomic E-state index is -4.45. The highest BCUT2D eigenvalue weighted by Crippen LogP contribution is 2.32. The van der Waals surface area contributed by atoms with Crippen molar-refractivity contribution in [3.05, 3.63) is 66.4 Å². The Balaban J connectivity index is 1.63. The maximum absolute atomic E-state index is 13.0. The number of rotatable bonds is 7. The third-order valence-electron chi connectivity index (χ3n) is 5.65. The Bertz CT molecular complexity index is 1170. The van der Waals surface area contributed by atoms with Gasteiger partial charge in [0.2, 0.25) is 17.8 Å². The van der Waals surface area contributed by atoms with Crippen LogP contribution < -0.4 is 5.32 Å². The smallest absolute Gasteiger partial charge is 0.331 e. The summed E-state index contributed by atoms with van der Waals surface area (Å²) in [5, 5.41) is 2.74. The number of amides is 2. The summed E-state index contributed by atoms with van der Waals surface area (Å²) in [6, 6.07) is 13.7. The van der Waals surface area contributed by atoms with Crippen molar-refractivity contribution in [1.29, 1.82) is 0 Å². The van der Waals surface area contributed by atoms with Crippen molar-refractivity contribution in [1.82, 2.24) is 14.5 Å². The number of alkyl halides is 3. The van der Waals surface area contributed by atoms with Gasteiger partial charge in [-0.2, -0.15) is 13.2 Å². The van der Waals surface area contributed by atoms with Gasteiger partial charge >= 0.3 is 6.18 Å². The van der Waals surface area contributed by atoms with Crippen molar-refractivity contribution in [3.8, 4) is 16.9 Å². The zero-order chi connectivity index (χ0) is 24.5. The number of halogens is 3. The largest absolute Gasteiger partial charge is 0.416 e. The molecule has 0 spiro atoms. The second-order valence-electron chi connectivity index (χ2n) is 8.61. The standard InChI is InChI=1S/C25H25F3N4O2/c1-16(2)31(23(34)18-8-9-18)15-22(33)30-24-29-21(17-6-4-3-5-7-17)14-32(24)20-12-10-19(11-13-20)25(26,27)28/h3-7,10-14,16,18H,8-9,15H2,1-2H3,(H,29,30,33). The summed E-state index contributed by atoms with van der Waals surface area (Å²) in [7, 11) is 0. The number of carbonyl (C=O) groups excluding carboxylic acids is 2. The molecule has 0 atom stereocenters. The van der Waals surface area contributed by atoms with Gasteiger partial charge in [0, 0.05) is 29.4 Å². The van der Waals surface area contributed by atoms with E-state index in [-0.39, 0.29) is 30.4 Å². The molecule has 1 aliphatic carbocycles. The van der Waals surface area contributed by atoms with Gasteiger partial charge in [-0.15, -0.1) is 0 Å². The first-order valence-electron chi connectivity index (χ1n) is 11.1. The predicted octanol–water partition coefficient (Wildman–Crippen LogP) is 5.14. The van der Waals surface area contributed by atoms with E-state index >= 15 is 0 Å². The molecule has 1 fully saturated rings. The lowest BCUT2D eigenvalue weighted by atomic mass is 10.2. The Morgan fingerprint density at radius 2 is 1.74 bits per heavy atom. The van der Waals surface area contributed by atoms with Gasteiger partial charge in [-0.05, 0) is 51.0 Å². The highest BCUT2D eigenvalue weighted by molar-refractivity contribution is 5.94. The van der Waals surface area contributed by atoms with Crippen molar-refractivity contribution in [3.63, 3.8) is 0 Å². The number of nitrogens with zero attached hydrogens (tertiary/aromatic N) is 3. The third-order valence-corrected chi connectivity index (χ3v) is 5.65. The molecule has 34 heavy (non-hydrogen) atoms. The number of hydrogen-bond acceptors (Lipinski definition) is 3. The average Bonchev–Trinajstić information content (AvgIpc) is 3.57. The molecule has 9 heteroatoms. The second kappa shape index (κ2) is 9.32. The molecule has 1 N–H and O–H groups in total. The van der Waals surface area contributed by atoms with Crippen molar-refractivity contribution in [2.75, 3.05) is 11.9 Å². The fraction of sp³-hybridized carbons (Fsp3) is 0.320. The number of hydrogen-bond donors (Lipinski definition) is 1. The lowest BCUT2D eigenvalue weighted by Crippen LogP contribution is -2.43. The van der Waals surface area contributed by atoms with Crippen LogP contribution in [0.25, 0.3) is 16.9 Å². The molecule has 0 bridgehead atoms. The first kappa shape index (κ1) is 23.5. The highest BCUT2D eigenvalue weighted by Gasteiger charge is 2.35. The second-order valence-corrected chi connectivity index (χ2v) is 8.61. The van der Waals surface area contributed by atoms with Gasteiger partial charge in [0.05, 0.1) is 11.3 Å². The van der Waals surface area contributed by atoms with E-state index in [1.165, 1.54) is 21.6 Å². The Labute approximate surface area is 195 Å². The van der Waals surface area contributed by atoms with Gasteiger partial charge in [0.1, 0.15) is 6.54 Å². The SMILES string of the molecule is CC(C)N(CC(=O)Nc1nc(-c2ccccc2)cn1-c1ccc(C(F)(F)F)cc1)C(=O)C1CC1. The van der Waals surface area contributed by atoms with Crippen LogP contribution in [0.15, 0.2) is 60.8 Å². The van der Waals surface area contributed by atoms with E-state index in [0.717, 1.165) is 30.5 Å². The van der Waals surface area contributed by atoms with Crippen molar-refractivity contribution >= 4 is 17.8 Å². The quantitative estimate of drug-likeness (QED) is 0.520. The summed E-state index contributed by atoms with van der Waals surface area (Å²) < 4.78 is 40.5. The first-order valence-corrected chi connectivity index (χ1v) is 11.1. The summed E-state index contributed by atoms with van der Waals surface area (Å²) in [6.07, 6.45) is -1.12. The van der Waals surface area contributed by atoms with Crippen LogP contribution in [0, 0.1) is 5.92 Å².